The zero-order valence-corrected chi connectivity index (χ0v) is 14.4. The summed E-state index contributed by atoms with van der Waals surface area (Å²) in [5.41, 5.74) is 3.21. The van der Waals surface area contributed by atoms with Gasteiger partial charge in [0.05, 0.1) is 12.8 Å². The zero-order valence-electron chi connectivity index (χ0n) is 12.9. The van der Waals surface area contributed by atoms with E-state index in [1.165, 1.54) is 5.56 Å². The molecule has 0 saturated heterocycles. The third-order valence-electron chi connectivity index (χ3n) is 3.48. The third kappa shape index (κ3) is 3.68. The fourth-order valence-corrected chi connectivity index (χ4v) is 3.16. The summed E-state index contributed by atoms with van der Waals surface area (Å²) in [5, 5.41) is 9.79. The van der Waals surface area contributed by atoms with Gasteiger partial charge in [0, 0.05) is 10.8 Å². The van der Waals surface area contributed by atoms with E-state index < -0.39 is 0 Å². The molecule has 0 amide bonds. The summed E-state index contributed by atoms with van der Waals surface area (Å²) in [4.78, 5) is 0. The zero-order chi connectivity index (χ0) is 16.2. The normalized spacial score (nSPS) is 10.7. The maximum absolute atomic E-state index is 6.21. The second-order valence-corrected chi connectivity index (χ2v) is 6.40. The van der Waals surface area contributed by atoms with Crippen molar-refractivity contribution >= 4 is 23.4 Å². The Hall–Kier alpha value is -1.98. The highest BCUT2D eigenvalue weighted by Gasteiger charge is 2.09. The van der Waals surface area contributed by atoms with Gasteiger partial charge in [0.2, 0.25) is 0 Å². The van der Waals surface area contributed by atoms with E-state index in [0.717, 1.165) is 32.9 Å². The van der Waals surface area contributed by atoms with Gasteiger partial charge in [0.1, 0.15) is 12.1 Å². The highest BCUT2D eigenvalue weighted by molar-refractivity contribution is 7.98. The van der Waals surface area contributed by atoms with Gasteiger partial charge in [-0.3, -0.25) is 4.57 Å². The molecule has 0 atom stereocenters. The molecular formula is C17H16ClN3OS. The van der Waals surface area contributed by atoms with Crippen molar-refractivity contribution in [3.05, 3.63) is 64.9 Å². The van der Waals surface area contributed by atoms with Crippen molar-refractivity contribution in [3.8, 4) is 11.4 Å². The van der Waals surface area contributed by atoms with Gasteiger partial charge in [0.15, 0.2) is 5.16 Å². The van der Waals surface area contributed by atoms with Crippen LogP contribution in [0.2, 0.25) is 5.02 Å². The lowest BCUT2D eigenvalue weighted by Crippen LogP contribution is -1.96. The molecule has 3 aromatic rings. The molecule has 0 N–H and O–H groups in total. The molecule has 0 saturated carbocycles. The molecule has 0 fully saturated rings. The van der Waals surface area contributed by atoms with E-state index in [-0.39, 0.29) is 0 Å². The topological polar surface area (TPSA) is 39.9 Å². The number of ether oxygens (including phenoxy) is 1. The molecule has 0 aliphatic carbocycles. The highest BCUT2D eigenvalue weighted by Crippen LogP contribution is 2.26. The highest BCUT2D eigenvalue weighted by atomic mass is 35.5. The summed E-state index contributed by atoms with van der Waals surface area (Å²) in [7, 11) is 1.67. The van der Waals surface area contributed by atoms with Gasteiger partial charge in [-0.1, -0.05) is 41.6 Å². The quantitative estimate of drug-likeness (QED) is 0.637. The first-order chi connectivity index (χ1) is 11.2. The van der Waals surface area contributed by atoms with Crippen molar-refractivity contribution in [1.29, 1.82) is 0 Å². The van der Waals surface area contributed by atoms with Crippen molar-refractivity contribution in [1.82, 2.24) is 14.8 Å². The molecule has 0 aliphatic heterocycles. The lowest BCUT2D eigenvalue weighted by atomic mass is 10.2. The molecule has 0 bridgehead atoms. The second kappa shape index (κ2) is 7.06. The monoisotopic (exact) mass is 345 g/mol. The fourth-order valence-electron chi connectivity index (χ4n) is 2.10. The maximum Gasteiger partial charge on any atom is 0.195 e. The van der Waals surface area contributed by atoms with Gasteiger partial charge >= 0.3 is 0 Å². The molecule has 6 heteroatoms. The number of methoxy groups -OCH3 is 1. The van der Waals surface area contributed by atoms with Crippen LogP contribution in [-0.2, 0) is 5.75 Å². The number of rotatable bonds is 5. The summed E-state index contributed by atoms with van der Waals surface area (Å²) in [6, 6.07) is 14.0. The number of aryl methyl sites for hydroxylation is 1. The van der Waals surface area contributed by atoms with Gasteiger partial charge in [-0.05, 0) is 42.3 Å². The Labute approximate surface area is 144 Å². The number of halogens is 1. The van der Waals surface area contributed by atoms with Crippen LogP contribution in [0.1, 0.15) is 11.1 Å². The largest absolute Gasteiger partial charge is 0.497 e. The Balaban J connectivity index is 1.76. The van der Waals surface area contributed by atoms with Crippen LogP contribution >= 0.6 is 23.4 Å². The number of hydrogen-bond acceptors (Lipinski definition) is 4. The van der Waals surface area contributed by atoms with Crippen LogP contribution in [0.3, 0.4) is 0 Å². The molecular weight excluding hydrogens is 330 g/mol. The third-order valence-corrected chi connectivity index (χ3v) is 4.90. The van der Waals surface area contributed by atoms with Crippen LogP contribution < -0.4 is 4.74 Å². The maximum atomic E-state index is 6.21. The van der Waals surface area contributed by atoms with Gasteiger partial charge in [-0.25, -0.2) is 0 Å². The number of aromatic nitrogens is 3. The van der Waals surface area contributed by atoms with Crippen LogP contribution in [0.5, 0.6) is 5.75 Å². The summed E-state index contributed by atoms with van der Waals surface area (Å²) in [6.45, 7) is 1.98. The molecule has 0 spiro atoms. The van der Waals surface area contributed by atoms with E-state index >= 15 is 0 Å². The van der Waals surface area contributed by atoms with Crippen molar-refractivity contribution in [2.45, 2.75) is 17.8 Å². The molecule has 4 nitrogen and oxygen atoms in total. The van der Waals surface area contributed by atoms with E-state index in [9.17, 15) is 0 Å². The summed E-state index contributed by atoms with van der Waals surface area (Å²) >= 11 is 7.84. The minimum atomic E-state index is 0.738. The standard InChI is InChI=1S/C17H16ClN3OS/c1-12-3-6-14(9-16(12)18)21-11-19-20-17(21)23-10-13-4-7-15(22-2)8-5-13/h3-9,11H,10H2,1-2H3. The van der Waals surface area contributed by atoms with E-state index in [1.807, 2.05) is 41.8 Å². The second-order valence-electron chi connectivity index (χ2n) is 5.05. The lowest BCUT2D eigenvalue weighted by molar-refractivity contribution is 0.414. The minimum absolute atomic E-state index is 0.738. The Kier molecular flexibility index (Phi) is 4.88. The lowest BCUT2D eigenvalue weighted by Gasteiger charge is -2.08. The molecule has 0 unspecified atom stereocenters. The van der Waals surface area contributed by atoms with Gasteiger partial charge in [-0.2, -0.15) is 0 Å². The molecule has 0 radical (unpaired) electrons. The van der Waals surface area contributed by atoms with Crippen LogP contribution in [0.15, 0.2) is 53.9 Å². The van der Waals surface area contributed by atoms with Crippen molar-refractivity contribution < 1.29 is 4.74 Å². The Morgan fingerprint density at radius 1 is 1.17 bits per heavy atom. The first kappa shape index (κ1) is 15.9. The Morgan fingerprint density at radius 2 is 1.96 bits per heavy atom. The summed E-state index contributed by atoms with van der Waals surface area (Å²) < 4.78 is 7.12. The molecule has 118 valence electrons. The predicted molar refractivity (Wildman–Crippen MR) is 93.7 cm³/mol. The first-order valence-electron chi connectivity index (χ1n) is 7.09. The smallest absolute Gasteiger partial charge is 0.195 e. The SMILES string of the molecule is COc1ccc(CSc2nncn2-c2ccc(C)c(Cl)c2)cc1. The number of thioether (sulfide) groups is 1. The molecule has 2 aromatic carbocycles. The molecule has 0 aliphatic rings. The predicted octanol–water partition coefficient (Wildman–Crippen LogP) is 4.53. The van der Waals surface area contributed by atoms with Gasteiger partial charge in [-0.15, -0.1) is 10.2 Å². The van der Waals surface area contributed by atoms with Crippen molar-refractivity contribution in [2.75, 3.05) is 7.11 Å². The van der Waals surface area contributed by atoms with Crippen LogP contribution in [0.25, 0.3) is 5.69 Å². The number of hydrogen-bond donors (Lipinski definition) is 0. The average Bonchev–Trinajstić information content (AvgIpc) is 3.04. The average molecular weight is 346 g/mol. The number of nitrogens with zero attached hydrogens (tertiary/aromatic N) is 3. The van der Waals surface area contributed by atoms with E-state index in [4.69, 9.17) is 16.3 Å². The Morgan fingerprint density at radius 3 is 2.65 bits per heavy atom. The molecule has 1 aromatic heterocycles. The fraction of sp³-hybridized carbons (Fsp3) is 0.176. The van der Waals surface area contributed by atoms with Gasteiger partial charge < -0.3 is 4.74 Å². The Bertz CT molecular complexity index is 802. The summed E-state index contributed by atoms with van der Waals surface area (Å²) in [5.74, 6) is 1.67. The van der Waals surface area contributed by atoms with Crippen LogP contribution in [0, 0.1) is 6.92 Å². The van der Waals surface area contributed by atoms with Crippen molar-refractivity contribution in [3.63, 3.8) is 0 Å². The molecule has 23 heavy (non-hydrogen) atoms. The molecule has 3 rings (SSSR count). The minimum Gasteiger partial charge on any atom is -0.497 e. The van der Waals surface area contributed by atoms with Crippen LogP contribution in [-0.4, -0.2) is 21.9 Å². The first-order valence-corrected chi connectivity index (χ1v) is 8.46. The molecule has 1 heterocycles. The summed E-state index contributed by atoms with van der Waals surface area (Å²) in [6.07, 6.45) is 1.71. The van der Waals surface area contributed by atoms with E-state index in [0.29, 0.717) is 0 Å². The van der Waals surface area contributed by atoms with E-state index in [2.05, 4.69) is 22.3 Å². The van der Waals surface area contributed by atoms with Gasteiger partial charge in [0.25, 0.3) is 0 Å². The van der Waals surface area contributed by atoms with E-state index in [1.54, 1.807) is 25.2 Å². The van der Waals surface area contributed by atoms with Crippen LogP contribution in [0.4, 0.5) is 0 Å². The van der Waals surface area contributed by atoms with Crippen molar-refractivity contribution in [2.24, 2.45) is 0 Å². The number of benzene rings is 2.